The van der Waals surface area contributed by atoms with Crippen LogP contribution in [0.1, 0.15) is 13.1 Å². The molecule has 1 fully saturated rings. The topological polar surface area (TPSA) is 77.1 Å². The summed E-state index contributed by atoms with van der Waals surface area (Å²) in [6, 6.07) is 0. The number of imidazole rings is 1. The van der Waals surface area contributed by atoms with E-state index in [1.807, 2.05) is 4.57 Å². The van der Waals surface area contributed by atoms with E-state index in [1.165, 1.54) is 11.6 Å². The molecule has 0 bridgehead atoms. The summed E-state index contributed by atoms with van der Waals surface area (Å²) in [6.45, 7) is 5.78. The first-order chi connectivity index (χ1) is 10.0. The molecule has 8 nitrogen and oxygen atoms in total. The van der Waals surface area contributed by atoms with Gasteiger partial charge in [-0.1, -0.05) is 0 Å². The fourth-order valence-electron chi connectivity index (χ4n) is 2.88. The molecule has 1 atom stereocenters. The fourth-order valence-corrected chi connectivity index (χ4v) is 2.88. The number of aromatic nitrogens is 4. The minimum absolute atomic E-state index is 0. The van der Waals surface area contributed by atoms with Gasteiger partial charge in [-0.25, -0.2) is 9.78 Å². The van der Waals surface area contributed by atoms with Gasteiger partial charge in [-0.15, -0.1) is 24.8 Å². The lowest BCUT2D eigenvalue weighted by Gasteiger charge is -2.33. The number of nitrogens with one attached hydrogen (secondary N) is 1. The molecule has 1 aliphatic heterocycles. The van der Waals surface area contributed by atoms with Crippen LogP contribution in [0.15, 0.2) is 15.9 Å². The first-order valence-corrected chi connectivity index (χ1v) is 7.09. The number of fused-ring (bicyclic) bond motifs is 1. The second kappa shape index (κ2) is 7.48. The van der Waals surface area contributed by atoms with E-state index >= 15 is 0 Å². The smallest absolute Gasteiger partial charge is 0.314 e. The highest BCUT2D eigenvalue weighted by Crippen LogP contribution is 2.17. The number of halogens is 2. The molecule has 0 radical (unpaired) electrons. The summed E-state index contributed by atoms with van der Waals surface area (Å²) in [5.74, 6) is 0. The summed E-state index contributed by atoms with van der Waals surface area (Å²) in [6.07, 6.45) is 1.68. The van der Waals surface area contributed by atoms with Gasteiger partial charge >= 0.3 is 5.69 Å². The molecule has 23 heavy (non-hydrogen) atoms. The highest BCUT2D eigenvalue weighted by Gasteiger charge is 2.22. The van der Waals surface area contributed by atoms with Crippen molar-refractivity contribution < 1.29 is 0 Å². The van der Waals surface area contributed by atoms with E-state index in [4.69, 9.17) is 0 Å². The zero-order valence-corrected chi connectivity index (χ0v) is 15.0. The third kappa shape index (κ3) is 3.16. The molecule has 1 unspecified atom stereocenters. The molecular weight excluding hydrogens is 343 g/mol. The minimum Gasteiger partial charge on any atom is -0.314 e. The molecule has 0 saturated carbocycles. The number of rotatable bonds is 2. The third-order valence-corrected chi connectivity index (χ3v) is 4.26. The van der Waals surface area contributed by atoms with Gasteiger partial charge in [0.25, 0.3) is 5.56 Å². The van der Waals surface area contributed by atoms with Gasteiger partial charge in [0.05, 0.1) is 12.5 Å². The minimum atomic E-state index is -0.354. The molecular formula is C13H22Cl2N6O2. The van der Waals surface area contributed by atoms with Crippen molar-refractivity contribution in [3.63, 3.8) is 0 Å². The highest BCUT2D eigenvalue weighted by molar-refractivity contribution is 5.85. The van der Waals surface area contributed by atoms with E-state index in [1.54, 1.807) is 13.4 Å². The van der Waals surface area contributed by atoms with Crippen LogP contribution in [-0.2, 0) is 14.1 Å². The van der Waals surface area contributed by atoms with E-state index in [2.05, 4.69) is 22.1 Å². The summed E-state index contributed by atoms with van der Waals surface area (Å²) in [5.41, 5.74) is 0.260. The van der Waals surface area contributed by atoms with Crippen molar-refractivity contribution in [3.05, 3.63) is 27.2 Å². The number of nitrogens with zero attached hydrogens (tertiary/aromatic N) is 5. The molecule has 1 aliphatic rings. The maximum atomic E-state index is 12.4. The van der Waals surface area contributed by atoms with Gasteiger partial charge in [-0.05, 0) is 6.92 Å². The van der Waals surface area contributed by atoms with Crippen LogP contribution >= 0.6 is 24.8 Å². The standard InChI is InChI=1S/C13H20N6O2.2ClH/c1-9(18-6-4-14-5-7-18)19-8-15-11-10(19)12(20)17(3)13(21)16(11)2;;/h8-9,14H,4-7H2,1-3H3;2*1H. The average Bonchev–Trinajstić information content (AvgIpc) is 2.96. The van der Waals surface area contributed by atoms with Crippen LogP contribution in [0.25, 0.3) is 11.2 Å². The van der Waals surface area contributed by atoms with Crippen LogP contribution in [0.5, 0.6) is 0 Å². The van der Waals surface area contributed by atoms with Crippen molar-refractivity contribution in [1.29, 1.82) is 0 Å². The fraction of sp³-hybridized carbons (Fsp3) is 0.615. The van der Waals surface area contributed by atoms with E-state index in [0.717, 1.165) is 30.7 Å². The summed E-state index contributed by atoms with van der Waals surface area (Å²) in [5, 5.41) is 3.31. The van der Waals surface area contributed by atoms with Crippen LogP contribution in [0.2, 0.25) is 0 Å². The van der Waals surface area contributed by atoms with Crippen molar-refractivity contribution in [2.24, 2.45) is 14.1 Å². The predicted octanol–water partition coefficient (Wildman–Crippen LogP) is -0.299. The van der Waals surface area contributed by atoms with Gasteiger partial charge in [-0.3, -0.25) is 18.8 Å². The highest BCUT2D eigenvalue weighted by atomic mass is 35.5. The Balaban J connectivity index is 0.00000132. The zero-order valence-electron chi connectivity index (χ0n) is 13.4. The molecule has 2 aromatic heterocycles. The molecule has 0 amide bonds. The van der Waals surface area contributed by atoms with E-state index in [9.17, 15) is 9.59 Å². The largest absolute Gasteiger partial charge is 0.332 e. The van der Waals surface area contributed by atoms with Crippen molar-refractivity contribution in [1.82, 2.24) is 28.9 Å². The maximum absolute atomic E-state index is 12.4. The van der Waals surface area contributed by atoms with Crippen LogP contribution in [-0.4, -0.2) is 49.8 Å². The van der Waals surface area contributed by atoms with Gasteiger partial charge in [0, 0.05) is 40.3 Å². The Morgan fingerprint density at radius 2 is 1.74 bits per heavy atom. The van der Waals surface area contributed by atoms with Crippen molar-refractivity contribution in [3.8, 4) is 0 Å². The molecule has 130 valence electrons. The number of hydrogen-bond donors (Lipinski definition) is 1. The Hall–Kier alpha value is -1.35. The molecule has 3 heterocycles. The second-order valence-electron chi connectivity index (χ2n) is 5.45. The van der Waals surface area contributed by atoms with Crippen molar-refractivity contribution in [2.75, 3.05) is 26.2 Å². The summed E-state index contributed by atoms with van der Waals surface area (Å²) < 4.78 is 4.41. The quantitative estimate of drug-likeness (QED) is 0.791. The van der Waals surface area contributed by atoms with Crippen molar-refractivity contribution in [2.45, 2.75) is 13.1 Å². The van der Waals surface area contributed by atoms with Gasteiger partial charge in [0.2, 0.25) is 0 Å². The van der Waals surface area contributed by atoms with E-state index in [-0.39, 0.29) is 42.2 Å². The van der Waals surface area contributed by atoms with Crippen LogP contribution in [0.3, 0.4) is 0 Å². The Bertz CT molecular complexity index is 790. The SMILES string of the molecule is CC(N1CCNCC1)n1cnc2c1c(=O)n(C)c(=O)n2C.Cl.Cl. The van der Waals surface area contributed by atoms with Gasteiger partial charge in [-0.2, -0.15) is 0 Å². The van der Waals surface area contributed by atoms with Gasteiger partial charge in [0.15, 0.2) is 11.2 Å². The normalized spacial score (nSPS) is 16.7. The summed E-state index contributed by atoms with van der Waals surface area (Å²) >= 11 is 0. The Labute approximate surface area is 145 Å². The number of aryl methyl sites for hydroxylation is 1. The predicted molar refractivity (Wildman–Crippen MR) is 93.9 cm³/mol. The van der Waals surface area contributed by atoms with E-state index in [0.29, 0.717) is 11.2 Å². The van der Waals surface area contributed by atoms with Crippen LogP contribution in [0, 0.1) is 0 Å². The van der Waals surface area contributed by atoms with Crippen LogP contribution < -0.4 is 16.6 Å². The first kappa shape index (κ1) is 19.7. The Morgan fingerprint density at radius 1 is 1.13 bits per heavy atom. The molecule has 0 aromatic carbocycles. The lowest BCUT2D eigenvalue weighted by atomic mass is 10.3. The lowest BCUT2D eigenvalue weighted by Crippen LogP contribution is -2.46. The summed E-state index contributed by atoms with van der Waals surface area (Å²) in [4.78, 5) is 30.9. The molecule has 10 heteroatoms. The summed E-state index contributed by atoms with van der Waals surface area (Å²) in [7, 11) is 3.13. The number of hydrogen-bond acceptors (Lipinski definition) is 5. The van der Waals surface area contributed by atoms with Gasteiger partial charge in [0.1, 0.15) is 0 Å². The molecule has 0 spiro atoms. The molecule has 1 saturated heterocycles. The lowest BCUT2D eigenvalue weighted by molar-refractivity contribution is 0.138. The monoisotopic (exact) mass is 364 g/mol. The first-order valence-electron chi connectivity index (χ1n) is 7.09. The Kier molecular flexibility index (Phi) is 6.41. The Morgan fingerprint density at radius 3 is 2.35 bits per heavy atom. The molecule has 2 aromatic rings. The third-order valence-electron chi connectivity index (χ3n) is 4.26. The average molecular weight is 365 g/mol. The number of piperazine rings is 1. The van der Waals surface area contributed by atoms with Crippen LogP contribution in [0.4, 0.5) is 0 Å². The van der Waals surface area contributed by atoms with E-state index < -0.39 is 0 Å². The van der Waals surface area contributed by atoms with Crippen molar-refractivity contribution >= 4 is 36.0 Å². The molecule has 0 aliphatic carbocycles. The van der Waals surface area contributed by atoms with Gasteiger partial charge < -0.3 is 9.88 Å². The molecule has 3 rings (SSSR count). The maximum Gasteiger partial charge on any atom is 0.332 e. The zero-order chi connectivity index (χ0) is 15.1. The molecule has 1 N–H and O–H groups in total. The second-order valence-corrected chi connectivity index (χ2v) is 5.45.